The Morgan fingerprint density at radius 2 is 1.65 bits per heavy atom. The minimum absolute atomic E-state index is 0.811. The molecule has 5 aromatic rings. The molecule has 0 saturated heterocycles. The lowest BCUT2D eigenvalue weighted by molar-refractivity contribution is 0.414. The monoisotopic (exact) mass is 420 g/mol. The third-order valence-corrected chi connectivity index (χ3v) is 7.02. The zero-order valence-corrected chi connectivity index (χ0v) is 17.9. The van der Waals surface area contributed by atoms with Crippen molar-refractivity contribution in [2.24, 2.45) is 4.99 Å². The zero-order valence-electron chi connectivity index (χ0n) is 17.1. The van der Waals surface area contributed by atoms with Gasteiger partial charge in [-0.1, -0.05) is 59.9 Å². The van der Waals surface area contributed by atoms with Crippen LogP contribution >= 0.6 is 11.3 Å². The second-order valence-electron chi connectivity index (χ2n) is 7.78. The summed E-state index contributed by atoms with van der Waals surface area (Å²) in [4.78, 5) is 11.1. The van der Waals surface area contributed by atoms with Gasteiger partial charge in [0, 0.05) is 22.2 Å². The number of ether oxygens (including phenoxy) is 1. The topological polar surface area (TPSA) is 34.5 Å². The molecule has 150 valence electrons. The van der Waals surface area contributed by atoms with E-state index >= 15 is 0 Å². The van der Waals surface area contributed by atoms with Crippen molar-refractivity contribution in [1.29, 1.82) is 0 Å². The third-order valence-electron chi connectivity index (χ3n) is 5.99. The van der Waals surface area contributed by atoms with Crippen LogP contribution in [0.5, 0.6) is 5.75 Å². The Morgan fingerprint density at radius 3 is 2.39 bits per heavy atom. The number of benzene rings is 4. The van der Waals surface area contributed by atoms with E-state index in [1.165, 1.54) is 37.5 Å². The largest absolute Gasteiger partial charge is 0.497 e. The van der Waals surface area contributed by atoms with Gasteiger partial charge in [-0.2, -0.15) is 0 Å². The highest BCUT2D eigenvalue weighted by atomic mass is 32.1. The van der Waals surface area contributed by atoms with Crippen molar-refractivity contribution in [2.45, 2.75) is 12.8 Å². The molecule has 0 fully saturated rings. The fraction of sp³-hybridized carbons (Fsp3) is 0.111. The summed E-state index contributed by atoms with van der Waals surface area (Å²) in [5.74, 6) is 0.901. The van der Waals surface area contributed by atoms with Gasteiger partial charge in [-0.3, -0.25) is 0 Å². The molecular formula is C27H20N2OS. The van der Waals surface area contributed by atoms with Crippen LogP contribution < -0.4 is 4.74 Å². The van der Waals surface area contributed by atoms with Crippen LogP contribution in [0.2, 0.25) is 0 Å². The molecule has 0 aliphatic heterocycles. The van der Waals surface area contributed by atoms with E-state index in [-0.39, 0.29) is 0 Å². The predicted octanol–water partition coefficient (Wildman–Crippen LogP) is 6.97. The van der Waals surface area contributed by atoms with Crippen LogP contribution in [0.4, 0.5) is 5.13 Å². The Kier molecular flexibility index (Phi) is 4.32. The van der Waals surface area contributed by atoms with Gasteiger partial charge in [0.25, 0.3) is 0 Å². The standard InChI is InChI=1S/C27H20N2OS/c1-30-20-11-12-23-19(15-20)10-13-25-26(23)29-27(31-25)28-16-24-21-8-4-2-6-17(21)14-18-7-3-5-9-22(18)24/h2-9,11-12,14-16H,10,13H2,1H3. The molecule has 0 spiro atoms. The Labute approximate surface area is 184 Å². The first-order chi connectivity index (χ1) is 15.3. The Balaban J connectivity index is 1.45. The van der Waals surface area contributed by atoms with Crippen LogP contribution in [-0.2, 0) is 12.8 Å². The predicted molar refractivity (Wildman–Crippen MR) is 130 cm³/mol. The molecule has 0 radical (unpaired) electrons. The van der Waals surface area contributed by atoms with E-state index < -0.39 is 0 Å². The van der Waals surface area contributed by atoms with Gasteiger partial charge in [0.15, 0.2) is 0 Å². The van der Waals surface area contributed by atoms with Crippen LogP contribution in [0.3, 0.4) is 0 Å². The molecule has 1 aliphatic rings. The summed E-state index contributed by atoms with van der Waals surface area (Å²) >= 11 is 1.70. The number of aromatic nitrogens is 1. The molecule has 6 rings (SSSR count). The van der Waals surface area contributed by atoms with Crippen molar-refractivity contribution >= 4 is 44.2 Å². The minimum atomic E-state index is 0.811. The number of aryl methyl sites for hydroxylation is 2. The van der Waals surface area contributed by atoms with Crippen molar-refractivity contribution in [3.05, 3.63) is 88.8 Å². The number of nitrogens with zero attached hydrogens (tertiary/aromatic N) is 2. The second-order valence-corrected chi connectivity index (χ2v) is 8.84. The molecule has 1 heterocycles. The molecule has 0 bridgehead atoms. The first-order valence-electron chi connectivity index (χ1n) is 10.4. The highest BCUT2D eigenvalue weighted by Crippen LogP contribution is 2.40. The summed E-state index contributed by atoms with van der Waals surface area (Å²) in [6.45, 7) is 0. The molecule has 3 nitrogen and oxygen atoms in total. The summed E-state index contributed by atoms with van der Waals surface area (Å²) < 4.78 is 5.39. The lowest BCUT2D eigenvalue weighted by Gasteiger charge is -2.15. The molecule has 0 saturated carbocycles. The van der Waals surface area contributed by atoms with Gasteiger partial charge < -0.3 is 4.74 Å². The number of methoxy groups -OCH3 is 1. The molecule has 1 aliphatic carbocycles. The van der Waals surface area contributed by atoms with Crippen LogP contribution in [-0.4, -0.2) is 18.3 Å². The summed E-state index contributed by atoms with van der Waals surface area (Å²) in [5, 5.41) is 5.69. The number of fused-ring (bicyclic) bond motifs is 5. The lowest BCUT2D eigenvalue weighted by atomic mass is 9.93. The average molecular weight is 421 g/mol. The van der Waals surface area contributed by atoms with Gasteiger partial charge in [0.1, 0.15) is 5.75 Å². The summed E-state index contributed by atoms with van der Waals surface area (Å²) in [5.41, 5.74) is 4.72. The van der Waals surface area contributed by atoms with E-state index in [0.29, 0.717) is 0 Å². The quantitative estimate of drug-likeness (QED) is 0.233. The maximum Gasteiger partial charge on any atom is 0.209 e. The minimum Gasteiger partial charge on any atom is -0.497 e. The molecule has 0 N–H and O–H groups in total. The molecule has 0 unspecified atom stereocenters. The lowest BCUT2D eigenvalue weighted by Crippen LogP contribution is -2.02. The van der Waals surface area contributed by atoms with Gasteiger partial charge in [-0.05, 0) is 64.2 Å². The van der Waals surface area contributed by atoms with Crippen molar-refractivity contribution in [3.8, 4) is 17.0 Å². The molecule has 4 heteroatoms. The smallest absolute Gasteiger partial charge is 0.209 e. The fourth-order valence-corrected chi connectivity index (χ4v) is 5.38. The summed E-state index contributed by atoms with van der Waals surface area (Å²) in [6, 6.07) is 25.5. The molecule has 4 aromatic carbocycles. The van der Waals surface area contributed by atoms with Crippen molar-refractivity contribution in [2.75, 3.05) is 7.11 Å². The van der Waals surface area contributed by atoms with E-state index in [0.717, 1.165) is 35.0 Å². The van der Waals surface area contributed by atoms with E-state index in [1.807, 2.05) is 12.3 Å². The average Bonchev–Trinajstić information content (AvgIpc) is 3.25. The SMILES string of the molecule is COc1ccc2c(c1)CCc1sc(N=Cc3c4ccccc4cc4ccccc34)nc1-2. The van der Waals surface area contributed by atoms with E-state index in [2.05, 4.69) is 66.7 Å². The Hall–Kier alpha value is -3.50. The van der Waals surface area contributed by atoms with E-state index in [1.54, 1.807) is 18.4 Å². The van der Waals surface area contributed by atoms with Gasteiger partial charge in [0.05, 0.1) is 12.8 Å². The molecule has 0 amide bonds. The second kappa shape index (κ2) is 7.33. The van der Waals surface area contributed by atoms with Crippen LogP contribution in [0.15, 0.2) is 77.8 Å². The molecular weight excluding hydrogens is 400 g/mol. The Morgan fingerprint density at radius 1 is 0.903 bits per heavy atom. The molecule has 0 atom stereocenters. The maximum atomic E-state index is 5.39. The van der Waals surface area contributed by atoms with E-state index in [9.17, 15) is 0 Å². The first kappa shape index (κ1) is 18.3. The number of hydrogen-bond acceptors (Lipinski definition) is 4. The van der Waals surface area contributed by atoms with Crippen LogP contribution in [0.1, 0.15) is 16.0 Å². The highest BCUT2D eigenvalue weighted by Gasteiger charge is 2.21. The normalized spacial score (nSPS) is 12.9. The van der Waals surface area contributed by atoms with Gasteiger partial charge >= 0.3 is 0 Å². The van der Waals surface area contributed by atoms with Crippen LogP contribution in [0.25, 0.3) is 32.8 Å². The number of thiazole rings is 1. The number of hydrogen-bond donors (Lipinski definition) is 0. The van der Waals surface area contributed by atoms with Gasteiger partial charge in [-0.15, -0.1) is 0 Å². The number of rotatable bonds is 3. The van der Waals surface area contributed by atoms with E-state index in [4.69, 9.17) is 14.7 Å². The van der Waals surface area contributed by atoms with Gasteiger partial charge in [0.2, 0.25) is 5.13 Å². The third kappa shape index (κ3) is 3.11. The van der Waals surface area contributed by atoms with Crippen molar-refractivity contribution < 1.29 is 4.74 Å². The van der Waals surface area contributed by atoms with Crippen molar-refractivity contribution in [1.82, 2.24) is 4.98 Å². The fourth-order valence-electron chi connectivity index (χ4n) is 4.47. The Bertz CT molecular complexity index is 1430. The maximum absolute atomic E-state index is 5.39. The highest BCUT2D eigenvalue weighted by molar-refractivity contribution is 7.15. The summed E-state index contributed by atoms with van der Waals surface area (Å²) in [7, 11) is 1.71. The first-order valence-corrected chi connectivity index (χ1v) is 11.2. The van der Waals surface area contributed by atoms with Crippen LogP contribution in [0, 0.1) is 0 Å². The summed E-state index contributed by atoms with van der Waals surface area (Å²) in [6.07, 6.45) is 4.00. The molecule has 1 aromatic heterocycles. The van der Waals surface area contributed by atoms with Gasteiger partial charge in [-0.25, -0.2) is 9.98 Å². The van der Waals surface area contributed by atoms with Crippen molar-refractivity contribution in [3.63, 3.8) is 0 Å². The molecule has 31 heavy (non-hydrogen) atoms. The zero-order chi connectivity index (χ0) is 20.8. The number of aliphatic imine (C=N–C) groups is 1.